The van der Waals surface area contributed by atoms with Crippen molar-refractivity contribution in [2.45, 2.75) is 38.9 Å². The lowest BCUT2D eigenvalue weighted by Crippen LogP contribution is -2.31. The molecule has 0 saturated heterocycles. The van der Waals surface area contributed by atoms with Crippen LogP contribution in [0.1, 0.15) is 42.4 Å². The number of amides is 1. The van der Waals surface area contributed by atoms with Gasteiger partial charge in [-0.1, -0.05) is 32.9 Å². The standard InChI is InChI=1S/C24H28F3N5O2/c1-23(2,3)18-10-15(30-13-24(25,26)27)9-17-19(11-20(22(33)32-28)31-21(17)18)29-12-14-5-7-16(34-4)8-6-14/h5-11,30H,12-13,28H2,1-4H3,(H,29,31)(H,32,33). The van der Waals surface area contributed by atoms with Gasteiger partial charge in [0.25, 0.3) is 5.91 Å². The Morgan fingerprint density at radius 1 is 1.06 bits per heavy atom. The van der Waals surface area contributed by atoms with Crippen LogP contribution in [0.2, 0.25) is 0 Å². The van der Waals surface area contributed by atoms with E-state index in [9.17, 15) is 18.0 Å². The summed E-state index contributed by atoms with van der Waals surface area (Å²) < 4.78 is 43.8. The Morgan fingerprint density at radius 2 is 1.74 bits per heavy atom. The molecule has 5 N–H and O–H groups in total. The van der Waals surface area contributed by atoms with E-state index in [-0.39, 0.29) is 5.69 Å². The number of carbonyl (C=O) groups excluding carboxylic acids is 1. The maximum Gasteiger partial charge on any atom is 0.405 e. The number of carbonyl (C=O) groups is 1. The Morgan fingerprint density at radius 3 is 2.29 bits per heavy atom. The Kier molecular flexibility index (Phi) is 7.21. The number of hydrazine groups is 1. The highest BCUT2D eigenvalue weighted by atomic mass is 19.4. The molecular formula is C24H28F3N5O2. The molecule has 0 saturated carbocycles. The molecule has 1 amide bonds. The highest BCUT2D eigenvalue weighted by Gasteiger charge is 2.28. The molecule has 0 fully saturated rings. The fourth-order valence-electron chi connectivity index (χ4n) is 3.48. The largest absolute Gasteiger partial charge is 0.497 e. The van der Waals surface area contributed by atoms with Crippen molar-refractivity contribution in [2.75, 3.05) is 24.3 Å². The van der Waals surface area contributed by atoms with E-state index in [1.807, 2.05) is 45.0 Å². The SMILES string of the molecule is COc1ccc(CNc2cc(C(=O)NN)nc3c(C(C)(C)C)cc(NCC(F)(F)F)cc23)cc1. The first kappa shape index (κ1) is 25.1. The summed E-state index contributed by atoms with van der Waals surface area (Å²) in [7, 11) is 1.58. The molecule has 0 aliphatic carbocycles. The van der Waals surface area contributed by atoms with Gasteiger partial charge in [0.1, 0.15) is 18.0 Å². The molecule has 3 aromatic rings. The van der Waals surface area contributed by atoms with Crippen molar-refractivity contribution in [3.05, 3.63) is 59.3 Å². The van der Waals surface area contributed by atoms with Crippen LogP contribution in [-0.2, 0) is 12.0 Å². The van der Waals surface area contributed by atoms with Crippen molar-refractivity contribution in [1.29, 1.82) is 0 Å². The number of ether oxygens (including phenoxy) is 1. The quantitative estimate of drug-likeness (QED) is 0.224. The first-order valence-electron chi connectivity index (χ1n) is 10.6. The van der Waals surface area contributed by atoms with Crippen LogP contribution in [0, 0.1) is 0 Å². The number of rotatable bonds is 7. The van der Waals surface area contributed by atoms with Gasteiger partial charge in [0, 0.05) is 23.3 Å². The number of nitrogens with two attached hydrogens (primary N) is 1. The highest BCUT2D eigenvalue weighted by molar-refractivity contribution is 6.02. The summed E-state index contributed by atoms with van der Waals surface area (Å²) in [6, 6.07) is 12.2. The highest BCUT2D eigenvalue weighted by Crippen LogP contribution is 2.36. The van der Waals surface area contributed by atoms with E-state index in [1.54, 1.807) is 19.2 Å². The lowest BCUT2D eigenvalue weighted by molar-refractivity contribution is -0.115. The van der Waals surface area contributed by atoms with Crippen molar-refractivity contribution < 1.29 is 22.7 Å². The number of anilines is 2. The number of halogens is 3. The zero-order valence-electron chi connectivity index (χ0n) is 19.4. The number of nitrogens with one attached hydrogen (secondary N) is 3. The number of hydrogen-bond donors (Lipinski definition) is 4. The van der Waals surface area contributed by atoms with Gasteiger partial charge in [-0.3, -0.25) is 10.2 Å². The number of nitrogen functional groups attached to an aromatic ring is 1. The van der Waals surface area contributed by atoms with E-state index in [4.69, 9.17) is 10.6 Å². The summed E-state index contributed by atoms with van der Waals surface area (Å²) in [6.07, 6.45) is -4.37. The predicted octanol–water partition coefficient (Wildman–Crippen LogP) is 4.73. The average molecular weight is 476 g/mol. The average Bonchev–Trinajstić information content (AvgIpc) is 2.79. The van der Waals surface area contributed by atoms with Gasteiger partial charge < -0.3 is 15.4 Å². The maximum atomic E-state index is 12.9. The van der Waals surface area contributed by atoms with Crippen molar-refractivity contribution in [3.8, 4) is 5.75 Å². The van der Waals surface area contributed by atoms with Crippen LogP contribution in [-0.4, -0.2) is 30.7 Å². The molecule has 0 spiro atoms. The molecule has 34 heavy (non-hydrogen) atoms. The van der Waals surface area contributed by atoms with Crippen LogP contribution in [0.25, 0.3) is 10.9 Å². The van der Waals surface area contributed by atoms with Crippen LogP contribution in [0.5, 0.6) is 5.75 Å². The minimum absolute atomic E-state index is 0.0914. The smallest absolute Gasteiger partial charge is 0.405 e. The summed E-state index contributed by atoms with van der Waals surface area (Å²) >= 11 is 0. The number of nitrogens with zero attached hydrogens (tertiary/aromatic N) is 1. The Bertz CT molecular complexity index is 1170. The Labute approximate surface area is 195 Å². The minimum Gasteiger partial charge on any atom is -0.497 e. The second-order valence-corrected chi connectivity index (χ2v) is 8.87. The minimum atomic E-state index is -4.37. The molecule has 0 atom stereocenters. The first-order valence-corrected chi connectivity index (χ1v) is 10.6. The fourth-order valence-corrected chi connectivity index (χ4v) is 3.48. The molecule has 182 valence electrons. The van der Waals surface area contributed by atoms with E-state index >= 15 is 0 Å². The van der Waals surface area contributed by atoms with Gasteiger partial charge in [0.15, 0.2) is 0 Å². The fraction of sp³-hybridized carbons (Fsp3) is 0.333. The van der Waals surface area contributed by atoms with E-state index in [0.29, 0.717) is 34.4 Å². The van der Waals surface area contributed by atoms with Crippen LogP contribution in [0.15, 0.2) is 42.5 Å². The van der Waals surface area contributed by atoms with Gasteiger partial charge in [-0.25, -0.2) is 10.8 Å². The first-order chi connectivity index (χ1) is 15.9. The third-order valence-electron chi connectivity index (χ3n) is 5.22. The van der Waals surface area contributed by atoms with Gasteiger partial charge in [-0.15, -0.1) is 0 Å². The van der Waals surface area contributed by atoms with Crippen molar-refractivity contribution >= 4 is 28.2 Å². The summed E-state index contributed by atoms with van der Waals surface area (Å²) in [5.74, 6) is 5.47. The third-order valence-corrected chi connectivity index (χ3v) is 5.22. The summed E-state index contributed by atoms with van der Waals surface area (Å²) in [5, 5.41) is 6.33. The molecule has 0 aliphatic rings. The topological polar surface area (TPSA) is 101 Å². The Hall–Kier alpha value is -3.53. The van der Waals surface area contributed by atoms with Crippen LogP contribution in [0.3, 0.4) is 0 Å². The second kappa shape index (κ2) is 9.76. The predicted molar refractivity (Wildman–Crippen MR) is 127 cm³/mol. The molecule has 0 unspecified atom stereocenters. The van der Waals surface area contributed by atoms with Gasteiger partial charge in [0.2, 0.25) is 0 Å². The molecule has 7 nitrogen and oxygen atoms in total. The molecular weight excluding hydrogens is 447 g/mol. The van der Waals surface area contributed by atoms with E-state index in [2.05, 4.69) is 21.0 Å². The van der Waals surface area contributed by atoms with E-state index < -0.39 is 24.0 Å². The molecule has 3 rings (SSSR count). The lowest BCUT2D eigenvalue weighted by Gasteiger charge is -2.24. The molecule has 1 heterocycles. The number of alkyl halides is 3. The summed E-state index contributed by atoms with van der Waals surface area (Å²) in [6.45, 7) is 5.01. The molecule has 2 aromatic carbocycles. The Balaban J connectivity index is 2.13. The molecule has 10 heteroatoms. The van der Waals surface area contributed by atoms with Crippen LogP contribution >= 0.6 is 0 Å². The van der Waals surface area contributed by atoms with Crippen LogP contribution in [0.4, 0.5) is 24.5 Å². The maximum absolute atomic E-state index is 12.9. The summed E-state index contributed by atoms with van der Waals surface area (Å²) in [4.78, 5) is 16.8. The number of benzene rings is 2. The van der Waals surface area contributed by atoms with Crippen molar-refractivity contribution in [3.63, 3.8) is 0 Å². The van der Waals surface area contributed by atoms with Crippen molar-refractivity contribution in [1.82, 2.24) is 10.4 Å². The molecule has 0 aliphatic heterocycles. The monoisotopic (exact) mass is 475 g/mol. The number of hydrogen-bond acceptors (Lipinski definition) is 6. The van der Waals surface area contributed by atoms with E-state index in [1.165, 1.54) is 6.07 Å². The zero-order valence-corrected chi connectivity index (χ0v) is 19.4. The normalized spacial score (nSPS) is 11.9. The third kappa shape index (κ3) is 6.07. The van der Waals surface area contributed by atoms with E-state index in [0.717, 1.165) is 11.3 Å². The number of pyridine rings is 1. The van der Waals surface area contributed by atoms with Gasteiger partial charge in [-0.05, 0) is 46.9 Å². The van der Waals surface area contributed by atoms with Gasteiger partial charge in [0.05, 0.1) is 12.6 Å². The molecule has 1 aromatic heterocycles. The number of fused-ring (bicyclic) bond motifs is 1. The number of aromatic nitrogens is 1. The van der Waals surface area contributed by atoms with Gasteiger partial charge >= 0.3 is 6.18 Å². The second-order valence-electron chi connectivity index (χ2n) is 8.87. The lowest BCUT2D eigenvalue weighted by atomic mass is 9.84. The van der Waals surface area contributed by atoms with Gasteiger partial charge in [-0.2, -0.15) is 13.2 Å². The molecule has 0 radical (unpaired) electrons. The number of methoxy groups -OCH3 is 1. The summed E-state index contributed by atoms with van der Waals surface area (Å²) in [5.41, 5.74) is 4.69. The van der Waals surface area contributed by atoms with Crippen LogP contribution < -0.4 is 26.6 Å². The van der Waals surface area contributed by atoms with Crippen molar-refractivity contribution in [2.24, 2.45) is 5.84 Å². The zero-order chi connectivity index (χ0) is 25.1. The molecule has 0 bridgehead atoms.